The fraction of sp³-hybridized carbons (Fsp3) is 0.400. The van der Waals surface area contributed by atoms with Crippen molar-refractivity contribution in [3.8, 4) is 0 Å². The molecule has 1 amide bonds. The summed E-state index contributed by atoms with van der Waals surface area (Å²) in [6, 6.07) is 7.90. The molecule has 102 valence electrons. The Labute approximate surface area is 112 Å². The molecule has 1 aromatic heterocycles. The predicted molar refractivity (Wildman–Crippen MR) is 73.9 cm³/mol. The van der Waals surface area contributed by atoms with Gasteiger partial charge in [-0.15, -0.1) is 0 Å². The Morgan fingerprint density at radius 1 is 1.37 bits per heavy atom. The van der Waals surface area contributed by atoms with Crippen molar-refractivity contribution in [3.63, 3.8) is 0 Å². The summed E-state index contributed by atoms with van der Waals surface area (Å²) in [4.78, 5) is 13.4. The minimum atomic E-state index is 0.0615. The number of hydrogen-bond donors (Lipinski definition) is 1. The van der Waals surface area contributed by atoms with Crippen LogP contribution in [-0.4, -0.2) is 36.1 Å². The lowest BCUT2D eigenvalue weighted by Gasteiger charge is -2.16. The molecule has 19 heavy (non-hydrogen) atoms. The van der Waals surface area contributed by atoms with Crippen molar-refractivity contribution in [2.24, 2.45) is 0 Å². The molecular formula is C15H19NO3. The maximum atomic E-state index is 11.7. The van der Waals surface area contributed by atoms with E-state index >= 15 is 0 Å². The highest BCUT2D eigenvalue weighted by atomic mass is 16.3. The fourth-order valence-electron chi connectivity index (χ4n) is 2.06. The maximum Gasteiger partial charge on any atom is 0.222 e. The van der Waals surface area contributed by atoms with Gasteiger partial charge in [0.25, 0.3) is 0 Å². The van der Waals surface area contributed by atoms with Crippen LogP contribution in [0.25, 0.3) is 11.0 Å². The van der Waals surface area contributed by atoms with E-state index in [1.165, 1.54) is 0 Å². The third-order valence-corrected chi connectivity index (χ3v) is 3.25. The number of hydrogen-bond acceptors (Lipinski definition) is 3. The summed E-state index contributed by atoms with van der Waals surface area (Å²) >= 11 is 0. The Bertz CT molecular complexity index is 547. The second-order valence-corrected chi connectivity index (χ2v) is 4.65. The van der Waals surface area contributed by atoms with Crippen LogP contribution in [0.3, 0.4) is 0 Å². The summed E-state index contributed by atoms with van der Waals surface area (Å²) in [5.74, 6) is 0.0712. The van der Waals surface area contributed by atoms with Gasteiger partial charge in [0.15, 0.2) is 0 Å². The molecular weight excluding hydrogens is 242 g/mol. The van der Waals surface area contributed by atoms with E-state index in [2.05, 4.69) is 0 Å². The molecule has 1 N–H and O–H groups in total. The molecule has 0 unspecified atom stereocenters. The number of benzene rings is 1. The van der Waals surface area contributed by atoms with Crippen LogP contribution in [0.15, 0.2) is 34.9 Å². The molecule has 0 saturated carbocycles. The Morgan fingerprint density at radius 3 is 2.95 bits per heavy atom. The van der Waals surface area contributed by atoms with Crippen LogP contribution in [-0.2, 0) is 11.2 Å². The SMILES string of the molecule is CN(CCc1coc2ccccc12)C(=O)CCCO. The van der Waals surface area contributed by atoms with Crippen molar-refractivity contribution in [2.75, 3.05) is 20.2 Å². The average Bonchev–Trinajstić information content (AvgIpc) is 2.85. The highest BCUT2D eigenvalue weighted by Gasteiger charge is 2.10. The van der Waals surface area contributed by atoms with Crippen molar-refractivity contribution in [3.05, 3.63) is 36.1 Å². The number of carbonyl (C=O) groups is 1. The van der Waals surface area contributed by atoms with Crippen LogP contribution in [0.5, 0.6) is 0 Å². The van der Waals surface area contributed by atoms with Gasteiger partial charge in [-0.2, -0.15) is 0 Å². The van der Waals surface area contributed by atoms with Gasteiger partial charge < -0.3 is 14.4 Å². The summed E-state index contributed by atoms with van der Waals surface area (Å²) in [5.41, 5.74) is 2.00. The Morgan fingerprint density at radius 2 is 2.16 bits per heavy atom. The maximum absolute atomic E-state index is 11.7. The lowest BCUT2D eigenvalue weighted by atomic mass is 10.1. The zero-order valence-electron chi connectivity index (χ0n) is 11.1. The first-order chi connectivity index (χ1) is 9.22. The molecule has 2 rings (SSSR count). The minimum Gasteiger partial charge on any atom is -0.464 e. The van der Waals surface area contributed by atoms with Gasteiger partial charge in [0.05, 0.1) is 6.26 Å². The van der Waals surface area contributed by atoms with Gasteiger partial charge in [0.2, 0.25) is 5.91 Å². The smallest absolute Gasteiger partial charge is 0.222 e. The van der Waals surface area contributed by atoms with E-state index in [-0.39, 0.29) is 12.5 Å². The molecule has 2 aromatic rings. The highest BCUT2D eigenvalue weighted by molar-refractivity contribution is 5.81. The number of furan rings is 1. The van der Waals surface area contributed by atoms with Crippen LogP contribution in [0.4, 0.5) is 0 Å². The predicted octanol–water partition coefficient (Wildman–Crippen LogP) is 2.21. The standard InChI is InChI=1S/C15H19NO3/c1-16(15(18)7-4-10-17)9-8-12-11-19-14-6-3-2-5-13(12)14/h2-3,5-6,11,17H,4,7-10H2,1H3. The summed E-state index contributed by atoms with van der Waals surface area (Å²) in [5, 5.41) is 9.82. The van der Waals surface area contributed by atoms with Gasteiger partial charge in [0, 0.05) is 32.0 Å². The summed E-state index contributed by atoms with van der Waals surface area (Å²) in [6.07, 6.45) is 3.46. The summed E-state index contributed by atoms with van der Waals surface area (Å²) in [7, 11) is 1.79. The van der Waals surface area contributed by atoms with Crippen LogP contribution in [0.2, 0.25) is 0 Å². The van der Waals surface area contributed by atoms with Gasteiger partial charge in [-0.3, -0.25) is 4.79 Å². The Hall–Kier alpha value is -1.81. The number of aliphatic hydroxyl groups excluding tert-OH is 1. The van der Waals surface area contributed by atoms with E-state index in [4.69, 9.17) is 9.52 Å². The zero-order chi connectivity index (χ0) is 13.7. The van der Waals surface area contributed by atoms with Crippen LogP contribution in [0.1, 0.15) is 18.4 Å². The monoisotopic (exact) mass is 261 g/mol. The zero-order valence-corrected chi connectivity index (χ0v) is 11.1. The number of para-hydroxylation sites is 1. The summed E-state index contributed by atoms with van der Waals surface area (Å²) in [6.45, 7) is 0.722. The topological polar surface area (TPSA) is 53.7 Å². The van der Waals surface area contributed by atoms with Gasteiger partial charge in [-0.1, -0.05) is 18.2 Å². The second-order valence-electron chi connectivity index (χ2n) is 4.65. The van der Waals surface area contributed by atoms with Crippen LogP contribution < -0.4 is 0 Å². The van der Waals surface area contributed by atoms with Crippen LogP contribution >= 0.6 is 0 Å². The molecule has 1 aromatic carbocycles. The van der Waals surface area contributed by atoms with E-state index in [1.807, 2.05) is 24.3 Å². The molecule has 0 aliphatic carbocycles. The van der Waals surface area contributed by atoms with Crippen LogP contribution in [0, 0.1) is 0 Å². The van der Waals surface area contributed by atoms with Crippen molar-refractivity contribution in [1.82, 2.24) is 4.90 Å². The lowest BCUT2D eigenvalue weighted by Crippen LogP contribution is -2.28. The molecule has 0 fully saturated rings. The molecule has 0 spiro atoms. The number of nitrogens with zero attached hydrogens (tertiary/aromatic N) is 1. The van der Waals surface area contributed by atoms with E-state index < -0.39 is 0 Å². The highest BCUT2D eigenvalue weighted by Crippen LogP contribution is 2.21. The van der Waals surface area contributed by atoms with E-state index in [9.17, 15) is 4.79 Å². The molecule has 0 radical (unpaired) electrons. The molecule has 0 atom stereocenters. The molecule has 0 aliphatic heterocycles. The summed E-state index contributed by atoms with van der Waals surface area (Å²) < 4.78 is 5.47. The molecule has 4 heteroatoms. The third kappa shape index (κ3) is 3.35. The van der Waals surface area contributed by atoms with E-state index in [1.54, 1.807) is 18.2 Å². The number of carbonyl (C=O) groups excluding carboxylic acids is 1. The minimum absolute atomic E-state index is 0.0615. The quantitative estimate of drug-likeness (QED) is 0.867. The lowest BCUT2D eigenvalue weighted by molar-refractivity contribution is -0.130. The fourth-order valence-corrected chi connectivity index (χ4v) is 2.06. The van der Waals surface area contributed by atoms with Gasteiger partial charge in [-0.25, -0.2) is 0 Å². The van der Waals surface area contributed by atoms with Gasteiger partial charge in [-0.05, 0) is 24.5 Å². The normalized spacial score (nSPS) is 10.8. The Kier molecular flexibility index (Phi) is 4.58. The first-order valence-electron chi connectivity index (χ1n) is 6.52. The average molecular weight is 261 g/mol. The third-order valence-electron chi connectivity index (χ3n) is 3.25. The number of amides is 1. The first-order valence-corrected chi connectivity index (χ1v) is 6.52. The van der Waals surface area contributed by atoms with E-state index in [0.29, 0.717) is 19.4 Å². The van der Waals surface area contributed by atoms with Crippen molar-refractivity contribution >= 4 is 16.9 Å². The molecule has 4 nitrogen and oxygen atoms in total. The van der Waals surface area contributed by atoms with E-state index in [0.717, 1.165) is 23.0 Å². The Balaban J connectivity index is 1.93. The van der Waals surface area contributed by atoms with Gasteiger partial charge in [0.1, 0.15) is 5.58 Å². The second kappa shape index (κ2) is 6.38. The largest absolute Gasteiger partial charge is 0.464 e. The van der Waals surface area contributed by atoms with Crippen molar-refractivity contribution < 1.29 is 14.3 Å². The van der Waals surface area contributed by atoms with Crippen molar-refractivity contribution in [1.29, 1.82) is 0 Å². The first kappa shape index (κ1) is 13.6. The number of aliphatic hydroxyl groups is 1. The number of rotatable bonds is 6. The number of fused-ring (bicyclic) bond motifs is 1. The van der Waals surface area contributed by atoms with Gasteiger partial charge >= 0.3 is 0 Å². The number of likely N-dealkylation sites (N-methyl/N-ethyl adjacent to an activating group) is 1. The van der Waals surface area contributed by atoms with Crippen molar-refractivity contribution in [2.45, 2.75) is 19.3 Å². The molecule has 0 bridgehead atoms. The molecule has 1 heterocycles. The molecule has 0 saturated heterocycles. The molecule has 0 aliphatic rings.